The molecule has 0 bridgehead atoms. The van der Waals surface area contributed by atoms with Crippen LogP contribution in [0.25, 0.3) is 0 Å². The largest absolute Gasteiger partial charge is 0.495 e. The number of carbonyl (C=O) groups is 3. The molecule has 9 heteroatoms. The first-order chi connectivity index (χ1) is 20.3. The zero-order valence-corrected chi connectivity index (χ0v) is 26.4. The normalized spacial score (nSPS) is 19.3. The molecule has 1 amide bonds. The first kappa shape index (κ1) is 30.7. The Balaban J connectivity index is 1.51. The Kier molecular flexibility index (Phi) is 8.36. The molecule has 1 heterocycles. The topological polar surface area (TPSA) is 103 Å². The molecule has 2 aromatic carbocycles. The highest BCUT2D eigenvalue weighted by molar-refractivity contribution is 6.32. The van der Waals surface area contributed by atoms with Gasteiger partial charge in [0.1, 0.15) is 5.75 Å². The highest BCUT2D eigenvalue weighted by Gasteiger charge is 2.46. The van der Waals surface area contributed by atoms with E-state index in [1.165, 1.54) is 7.11 Å². The van der Waals surface area contributed by atoms with Crippen molar-refractivity contribution in [2.24, 2.45) is 10.8 Å². The number of hydrogen-bond acceptors (Lipinski definition) is 7. The van der Waals surface area contributed by atoms with Gasteiger partial charge in [0.25, 0.3) is 5.91 Å². The Morgan fingerprint density at radius 2 is 1.53 bits per heavy atom. The van der Waals surface area contributed by atoms with Crippen LogP contribution >= 0.6 is 11.6 Å². The second-order valence-corrected chi connectivity index (χ2v) is 13.4. The van der Waals surface area contributed by atoms with Gasteiger partial charge in [0.15, 0.2) is 29.7 Å². The molecule has 0 atom stereocenters. The summed E-state index contributed by atoms with van der Waals surface area (Å²) >= 11 is 6.82. The van der Waals surface area contributed by atoms with Gasteiger partial charge in [-0.25, -0.2) is 0 Å². The number of hydrogen-bond donors (Lipinski definition) is 2. The van der Waals surface area contributed by atoms with Gasteiger partial charge in [0.2, 0.25) is 0 Å². The van der Waals surface area contributed by atoms with Gasteiger partial charge < -0.3 is 24.8 Å². The first-order valence-corrected chi connectivity index (χ1v) is 15.0. The van der Waals surface area contributed by atoms with Crippen molar-refractivity contribution in [1.29, 1.82) is 0 Å². The van der Waals surface area contributed by atoms with E-state index in [4.69, 9.17) is 25.8 Å². The molecule has 5 rings (SSSR count). The third kappa shape index (κ3) is 6.30. The molecule has 0 fully saturated rings. The number of Topliss-reactive ketones (excluding diaryl/α,β-unsaturated/α-hetero) is 2. The van der Waals surface area contributed by atoms with E-state index in [2.05, 4.69) is 38.3 Å². The molecule has 0 saturated carbocycles. The number of halogens is 1. The number of anilines is 1. The van der Waals surface area contributed by atoms with E-state index < -0.39 is 11.8 Å². The van der Waals surface area contributed by atoms with Crippen LogP contribution in [0.1, 0.15) is 71.8 Å². The van der Waals surface area contributed by atoms with Crippen molar-refractivity contribution in [3.8, 4) is 17.2 Å². The molecule has 0 radical (unpaired) electrons. The summed E-state index contributed by atoms with van der Waals surface area (Å²) in [7, 11) is 1.53. The van der Waals surface area contributed by atoms with Crippen LogP contribution in [0, 0.1) is 10.8 Å². The summed E-state index contributed by atoms with van der Waals surface area (Å²) < 4.78 is 17.2. The molecule has 3 aliphatic rings. The first-order valence-electron chi connectivity index (χ1n) is 14.6. The molecule has 43 heavy (non-hydrogen) atoms. The second kappa shape index (κ2) is 11.7. The van der Waals surface area contributed by atoms with Gasteiger partial charge in [-0.05, 0) is 60.4 Å². The minimum atomic E-state index is -0.571. The van der Waals surface area contributed by atoms with Crippen molar-refractivity contribution in [2.45, 2.75) is 66.2 Å². The van der Waals surface area contributed by atoms with Crippen molar-refractivity contribution in [1.82, 2.24) is 5.32 Å². The van der Waals surface area contributed by atoms with Gasteiger partial charge in [-0.3, -0.25) is 14.4 Å². The van der Waals surface area contributed by atoms with E-state index in [0.29, 0.717) is 66.2 Å². The van der Waals surface area contributed by atoms with Crippen LogP contribution in [0.5, 0.6) is 17.2 Å². The number of allylic oxidation sites excluding steroid dienone is 4. The van der Waals surface area contributed by atoms with Crippen LogP contribution in [0.15, 0.2) is 58.9 Å². The maximum absolute atomic E-state index is 13.7. The molecule has 2 aliphatic carbocycles. The Hall–Kier alpha value is -3.78. The number of methoxy groups -OCH3 is 1. The summed E-state index contributed by atoms with van der Waals surface area (Å²) in [5.74, 6) is 0.153. The molecule has 2 N–H and O–H groups in total. The summed E-state index contributed by atoms with van der Waals surface area (Å²) in [4.78, 5) is 40.2. The van der Waals surface area contributed by atoms with E-state index >= 15 is 0 Å². The highest BCUT2D eigenvalue weighted by atomic mass is 35.5. The van der Waals surface area contributed by atoms with E-state index in [9.17, 15) is 14.4 Å². The number of dihydropyridines is 1. The number of ether oxygens (including phenoxy) is 3. The fourth-order valence-corrected chi connectivity index (χ4v) is 6.73. The van der Waals surface area contributed by atoms with E-state index in [1.807, 2.05) is 13.0 Å². The van der Waals surface area contributed by atoms with E-state index in [-0.39, 0.29) is 39.8 Å². The third-order valence-electron chi connectivity index (χ3n) is 8.11. The maximum atomic E-state index is 13.7. The lowest BCUT2D eigenvalue weighted by atomic mass is 9.64. The SMILES string of the molecule is CCOc1cc(C2C3=C(CC(C)(C)CC3=O)NC3=C2C(=O)CC(C)(C)C3)cc(Cl)c1OCC(=O)Nc1ccccc1OC. The van der Waals surface area contributed by atoms with E-state index in [1.54, 1.807) is 30.3 Å². The summed E-state index contributed by atoms with van der Waals surface area (Å²) in [6, 6.07) is 10.6. The average molecular weight is 607 g/mol. The molecular weight excluding hydrogens is 568 g/mol. The molecule has 8 nitrogen and oxygen atoms in total. The predicted octanol–water partition coefficient (Wildman–Crippen LogP) is 6.74. The second-order valence-electron chi connectivity index (χ2n) is 13.0. The van der Waals surface area contributed by atoms with Crippen LogP contribution in [0.4, 0.5) is 5.69 Å². The van der Waals surface area contributed by atoms with E-state index in [0.717, 1.165) is 11.4 Å². The van der Waals surface area contributed by atoms with Gasteiger partial charge >= 0.3 is 0 Å². The Morgan fingerprint density at radius 1 is 0.930 bits per heavy atom. The zero-order chi connectivity index (χ0) is 31.1. The van der Waals surface area contributed by atoms with Gasteiger partial charge in [-0.15, -0.1) is 0 Å². The van der Waals surface area contributed by atoms with Gasteiger partial charge in [-0.2, -0.15) is 0 Å². The summed E-state index contributed by atoms with van der Waals surface area (Å²) in [6.07, 6.45) is 2.18. The molecule has 1 aliphatic heterocycles. The minimum absolute atomic E-state index is 0.0235. The molecule has 228 valence electrons. The monoisotopic (exact) mass is 606 g/mol. The maximum Gasteiger partial charge on any atom is 0.262 e. The lowest BCUT2D eigenvalue weighted by molar-refractivity contribution is -0.119. The van der Waals surface area contributed by atoms with Crippen LogP contribution in [0.2, 0.25) is 5.02 Å². The Labute approximate surface area is 257 Å². The van der Waals surface area contributed by atoms with Crippen molar-refractivity contribution in [2.75, 3.05) is 25.6 Å². The lowest BCUT2D eigenvalue weighted by Crippen LogP contribution is -2.42. The molecule has 0 aromatic heterocycles. The lowest BCUT2D eigenvalue weighted by Gasteiger charge is -2.44. The number of ketones is 2. The molecule has 0 saturated heterocycles. The Morgan fingerprint density at radius 3 is 2.12 bits per heavy atom. The average Bonchev–Trinajstić information content (AvgIpc) is 2.90. The minimum Gasteiger partial charge on any atom is -0.495 e. The molecule has 0 unspecified atom stereocenters. The van der Waals surface area contributed by atoms with Crippen LogP contribution in [-0.2, 0) is 14.4 Å². The molecule has 0 spiro atoms. The fraction of sp³-hybridized carbons (Fsp3) is 0.441. The van der Waals surface area contributed by atoms with Crippen molar-refractivity contribution >= 4 is 34.8 Å². The number of rotatable bonds is 8. The smallest absolute Gasteiger partial charge is 0.262 e. The number of amides is 1. The standard InChI is InChI=1S/C34H39ClN2O6/c1-7-42-27-13-19(12-20(35)32(27)43-18-28(40)37-21-10-8-9-11-26(21)41-6)29-30-22(14-33(2,3)16-24(30)38)36-23-15-34(4,5)17-25(39)31(23)29/h8-13,29,36H,7,14-18H2,1-6H3,(H,37,40). The van der Waals surface area contributed by atoms with Crippen LogP contribution in [-0.4, -0.2) is 37.8 Å². The molecule has 2 aromatic rings. The summed E-state index contributed by atoms with van der Waals surface area (Å²) in [6.45, 7) is 10.2. The summed E-state index contributed by atoms with van der Waals surface area (Å²) in [5.41, 5.74) is 3.79. The number of nitrogens with one attached hydrogen (secondary N) is 2. The van der Waals surface area contributed by atoms with Crippen LogP contribution in [0.3, 0.4) is 0 Å². The third-order valence-corrected chi connectivity index (χ3v) is 8.39. The number of benzene rings is 2. The summed E-state index contributed by atoms with van der Waals surface area (Å²) in [5, 5.41) is 6.54. The number of para-hydroxylation sites is 2. The quantitative estimate of drug-likeness (QED) is 0.343. The highest BCUT2D eigenvalue weighted by Crippen LogP contribution is 2.52. The zero-order valence-electron chi connectivity index (χ0n) is 25.6. The van der Waals surface area contributed by atoms with Gasteiger partial charge in [-0.1, -0.05) is 51.4 Å². The van der Waals surface area contributed by atoms with Crippen molar-refractivity contribution in [3.05, 3.63) is 69.5 Å². The number of carbonyl (C=O) groups excluding carboxylic acids is 3. The van der Waals surface area contributed by atoms with Gasteiger partial charge in [0, 0.05) is 41.3 Å². The Bertz CT molecular complexity index is 1500. The fourth-order valence-electron chi connectivity index (χ4n) is 6.45. The van der Waals surface area contributed by atoms with Crippen molar-refractivity contribution < 1.29 is 28.6 Å². The van der Waals surface area contributed by atoms with Crippen molar-refractivity contribution in [3.63, 3.8) is 0 Å². The predicted molar refractivity (Wildman–Crippen MR) is 166 cm³/mol. The molecular formula is C34H39ClN2O6. The van der Waals surface area contributed by atoms with Crippen LogP contribution < -0.4 is 24.8 Å². The van der Waals surface area contributed by atoms with Gasteiger partial charge in [0.05, 0.1) is 24.4 Å².